The van der Waals surface area contributed by atoms with Gasteiger partial charge in [-0.25, -0.2) is 4.79 Å². The lowest BCUT2D eigenvalue weighted by Gasteiger charge is -2.22. The fourth-order valence-electron chi connectivity index (χ4n) is 1.83. The zero-order valence-corrected chi connectivity index (χ0v) is 14.9. The maximum Gasteiger partial charge on any atom is 0.326 e. The molecular weight excluding hydrogens is 382 g/mol. The van der Waals surface area contributed by atoms with Crippen LogP contribution in [0.25, 0.3) is 0 Å². The number of carboxylic acid groups (broad SMARTS) is 2. The number of primary amides is 1. The molecule has 14 heteroatoms. The second-order valence-electron chi connectivity index (χ2n) is 5.75. The Balaban J connectivity index is 4.84. The molecule has 0 aliphatic rings. The topological polar surface area (TPSA) is 251 Å². The molecule has 0 radical (unpaired) electrons. The molecule has 0 rings (SSSR count). The first kappa shape index (κ1) is 24.7. The smallest absolute Gasteiger partial charge is 0.326 e. The van der Waals surface area contributed by atoms with Crippen LogP contribution in [0.5, 0.6) is 0 Å². The summed E-state index contributed by atoms with van der Waals surface area (Å²) >= 11 is 0. The monoisotopic (exact) mass is 405 g/mol. The molecule has 0 aliphatic heterocycles. The lowest BCUT2D eigenvalue weighted by Crippen LogP contribution is -2.57. The molecular formula is C14H23N5O9. The molecule has 4 amide bonds. The molecule has 0 aliphatic carbocycles. The molecule has 10 N–H and O–H groups in total. The molecule has 0 saturated carbocycles. The van der Waals surface area contributed by atoms with E-state index in [-0.39, 0.29) is 0 Å². The van der Waals surface area contributed by atoms with E-state index in [0.29, 0.717) is 0 Å². The van der Waals surface area contributed by atoms with Crippen molar-refractivity contribution in [3.8, 4) is 0 Å². The maximum absolute atomic E-state index is 12.1. The molecule has 0 aromatic heterocycles. The van der Waals surface area contributed by atoms with Crippen molar-refractivity contribution in [2.24, 2.45) is 11.5 Å². The maximum atomic E-state index is 12.1. The van der Waals surface area contributed by atoms with Gasteiger partial charge in [0.05, 0.1) is 25.5 Å². The van der Waals surface area contributed by atoms with E-state index in [2.05, 4.69) is 5.32 Å². The van der Waals surface area contributed by atoms with E-state index in [0.717, 1.165) is 0 Å². The number of nitrogens with two attached hydrogens (primary N) is 2. The average Bonchev–Trinajstić information content (AvgIpc) is 2.57. The van der Waals surface area contributed by atoms with E-state index in [4.69, 9.17) is 21.7 Å². The molecule has 4 unspecified atom stereocenters. The highest BCUT2D eigenvalue weighted by atomic mass is 16.4. The minimum atomic E-state index is -1.60. The van der Waals surface area contributed by atoms with Crippen LogP contribution in [0.4, 0.5) is 0 Å². The number of rotatable bonds is 12. The minimum Gasteiger partial charge on any atom is -0.481 e. The van der Waals surface area contributed by atoms with Crippen molar-refractivity contribution < 1.29 is 44.1 Å². The molecule has 0 saturated heterocycles. The van der Waals surface area contributed by atoms with Crippen molar-refractivity contribution in [3.05, 3.63) is 0 Å². The van der Waals surface area contributed by atoms with E-state index in [1.165, 1.54) is 6.92 Å². The predicted molar refractivity (Wildman–Crippen MR) is 90.2 cm³/mol. The van der Waals surface area contributed by atoms with Gasteiger partial charge in [-0.1, -0.05) is 0 Å². The van der Waals surface area contributed by atoms with Gasteiger partial charge in [-0.05, 0) is 6.92 Å². The SMILES string of the molecule is CC(NC(=O)C(CO)NC(=O)C(N)CC(=O)O)C(=O)NC(CC(N)=O)C(=O)O. The number of aliphatic hydroxyl groups excluding tert-OH is 1. The highest BCUT2D eigenvalue weighted by molar-refractivity contribution is 5.95. The third kappa shape index (κ3) is 8.91. The van der Waals surface area contributed by atoms with Gasteiger partial charge in [0.1, 0.15) is 18.1 Å². The van der Waals surface area contributed by atoms with E-state index in [1.54, 1.807) is 0 Å². The lowest BCUT2D eigenvalue weighted by molar-refractivity contribution is -0.143. The van der Waals surface area contributed by atoms with Crippen LogP contribution < -0.4 is 27.4 Å². The van der Waals surface area contributed by atoms with Gasteiger partial charge in [0.25, 0.3) is 0 Å². The average molecular weight is 405 g/mol. The normalized spacial score (nSPS) is 14.7. The molecule has 158 valence electrons. The van der Waals surface area contributed by atoms with Crippen molar-refractivity contribution in [2.45, 2.75) is 43.9 Å². The summed E-state index contributed by atoms with van der Waals surface area (Å²) in [6.45, 7) is 0.300. The number of carbonyl (C=O) groups is 6. The first-order valence-corrected chi connectivity index (χ1v) is 7.89. The van der Waals surface area contributed by atoms with Crippen molar-refractivity contribution in [3.63, 3.8) is 0 Å². The Bertz CT molecular complexity index is 639. The Morgan fingerprint density at radius 1 is 0.857 bits per heavy atom. The predicted octanol–water partition coefficient (Wildman–Crippen LogP) is -4.78. The van der Waals surface area contributed by atoms with E-state index in [9.17, 15) is 33.9 Å². The number of nitrogens with one attached hydrogen (secondary N) is 3. The molecule has 0 fully saturated rings. The summed E-state index contributed by atoms with van der Waals surface area (Å²) in [5.74, 6) is -6.82. The van der Waals surface area contributed by atoms with Crippen LogP contribution in [0.2, 0.25) is 0 Å². The first-order valence-electron chi connectivity index (χ1n) is 7.89. The van der Waals surface area contributed by atoms with Crippen LogP contribution in [-0.4, -0.2) is 81.7 Å². The molecule has 28 heavy (non-hydrogen) atoms. The summed E-state index contributed by atoms with van der Waals surface area (Å²) < 4.78 is 0. The lowest BCUT2D eigenvalue weighted by atomic mass is 10.1. The van der Waals surface area contributed by atoms with Crippen LogP contribution in [0.15, 0.2) is 0 Å². The zero-order chi connectivity index (χ0) is 22.0. The summed E-state index contributed by atoms with van der Waals surface area (Å²) in [6.07, 6.45) is -1.38. The van der Waals surface area contributed by atoms with Crippen LogP contribution in [-0.2, 0) is 28.8 Å². The molecule has 4 atom stereocenters. The fraction of sp³-hybridized carbons (Fsp3) is 0.571. The van der Waals surface area contributed by atoms with Gasteiger partial charge >= 0.3 is 11.9 Å². The summed E-state index contributed by atoms with van der Waals surface area (Å²) in [6, 6.07) is -5.92. The zero-order valence-electron chi connectivity index (χ0n) is 14.9. The Labute approximate surface area is 158 Å². The van der Waals surface area contributed by atoms with Gasteiger partial charge in [-0.3, -0.25) is 24.0 Å². The highest BCUT2D eigenvalue weighted by Crippen LogP contribution is 1.96. The Hall–Kier alpha value is -3.26. The third-order valence-electron chi connectivity index (χ3n) is 3.32. The van der Waals surface area contributed by atoms with Crippen LogP contribution >= 0.6 is 0 Å². The third-order valence-corrected chi connectivity index (χ3v) is 3.32. The number of hydrogen-bond donors (Lipinski definition) is 8. The summed E-state index contributed by atoms with van der Waals surface area (Å²) in [4.78, 5) is 68.1. The molecule has 0 heterocycles. The summed E-state index contributed by atoms with van der Waals surface area (Å²) in [5.41, 5.74) is 10.2. The Morgan fingerprint density at radius 2 is 1.39 bits per heavy atom. The second kappa shape index (κ2) is 11.5. The van der Waals surface area contributed by atoms with Crippen molar-refractivity contribution in [2.75, 3.05) is 6.61 Å². The van der Waals surface area contributed by atoms with Gasteiger partial charge < -0.3 is 42.7 Å². The molecule has 0 aromatic rings. The quantitative estimate of drug-likeness (QED) is 0.154. The Morgan fingerprint density at radius 3 is 1.82 bits per heavy atom. The van der Waals surface area contributed by atoms with Crippen molar-refractivity contribution in [1.29, 1.82) is 0 Å². The summed E-state index contributed by atoms with van der Waals surface area (Å²) in [5, 5.41) is 32.9. The molecule has 14 nitrogen and oxygen atoms in total. The number of carboxylic acids is 2. The van der Waals surface area contributed by atoms with Crippen molar-refractivity contribution >= 4 is 35.6 Å². The summed E-state index contributed by atoms with van der Waals surface area (Å²) in [7, 11) is 0. The number of hydrogen-bond acceptors (Lipinski definition) is 8. The molecule has 0 bridgehead atoms. The second-order valence-corrected chi connectivity index (χ2v) is 5.75. The number of aliphatic hydroxyl groups is 1. The largest absolute Gasteiger partial charge is 0.481 e. The molecule has 0 aromatic carbocycles. The van der Waals surface area contributed by atoms with Gasteiger partial charge in [-0.15, -0.1) is 0 Å². The minimum absolute atomic E-state index is 0.668. The Kier molecular flexibility index (Phi) is 10.1. The van der Waals surface area contributed by atoms with Gasteiger partial charge in [0.15, 0.2) is 0 Å². The van der Waals surface area contributed by atoms with E-state index in [1.807, 2.05) is 10.6 Å². The fourth-order valence-corrected chi connectivity index (χ4v) is 1.83. The number of amides is 4. The molecule has 0 spiro atoms. The van der Waals surface area contributed by atoms with Crippen LogP contribution in [0.3, 0.4) is 0 Å². The van der Waals surface area contributed by atoms with E-state index >= 15 is 0 Å². The van der Waals surface area contributed by atoms with Crippen LogP contribution in [0, 0.1) is 0 Å². The number of aliphatic carboxylic acids is 2. The van der Waals surface area contributed by atoms with Gasteiger partial charge in [0.2, 0.25) is 23.6 Å². The van der Waals surface area contributed by atoms with E-state index < -0.39 is 79.2 Å². The van der Waals surface area contributed by atoms with Gasteiger partial charge in [0, 0.05) is 0 Å². The standard InChI is InChI=1S/C14H23N5O9/c1-5(11(24)18-7(14(27)28)3-9(16)21)17-13(26)8(4-20)19-12(25)6(15)2-10(22)23/h5-8,20H,2-4,15H2,1H3,(H2,16,21)(H,17,26)(H,18,24)(H,19,25)(H,22,23)(H,27,28). The number of carbonyl (C=O) groups excluding carboxylic acids is 4. The van der Waals surface area contributed by atoms with Crippen molar-refractivity contribution in [1.82, 2.24) is 16.0 Å². The van der Waals surface area contributed by atoms with Gasteiger partial charge in [-0.2, -0.15) is 0 Å². The van der Waals surface area contributed by atoms with Crippen LogP contribution in [0.1, 0.15) is 19.8 Å². The highest BCUT2D eigenvalue weighted by Gasteiger charge is 2.29. The first-order chi connectivity index (χ1) is 12.9.